The average Bonchev–Trinajstić information content (AvgIpc) is 2.52. The van der Waals surface area contributed by atoms with Crippen molar-refractivity contribution in [2.45, 2.75) is 25.3 Å². The number of carbonyl (C=O) groups is 2. The number of hydrogen-bond acceptors (Lipinski definition) is 4. The molecule has 0 aliphatic rings. The SMILES string of the molecule is COc1ccc(C=CC(=O)NCCCCC(N)C(=O)O)cc1. The number of carbonyl (C=O) groups excluding carboxylic acids is 1. The van der Waals surface area contributed by atoms with Gasteiger partial charge in [-0.15, -0.1) is 0 Å². The summed E-state index contributed by atoms with van der Waals surface area (Å²) in [6.45, 7) is 0.498. The van der Waals surface area contributed by atoms with Gasteiger partial charge in [0.05, 0.1) is 7.11 Å². The lowest BCUT2D eigenvalue weighted by Gasteiger charge is -2.06. The van der Waals surface area contributed by atoms with E-state index in [4.69, 9.17) is 15.6 Å². The van der Waals surface area contributed by atoms with Crippen molar-refractivity contribution in [2.75, 3.05) is 13.7 Å². The van der Waals surface area contributed by atoms with E-state index in [2.05, 4.69) is 5.32 Å². The minimum atomic E-state index is -0.994. The van der Waals surface area contributed by atoms with Crippen molar-refractivity contribution in [2.24, 2.45) is 5.73 Å². The predicted octanol–water partition coefficient (Wildman–Crippen LogP) is 1.41. The Balaban J connectivity index is 2.22. The minimum Gasteiger partial charge on any atom is -0.497 e. The number of ether oxygens (including phenoxy) is 1. The Labute approximate surface area is 130 Å². The number of rotatable bonds is 9. The van der Waals surface area contributed by atoms with Gasteiger partial charge in [0.2, 0.25) is 5.91 Å². The number of hydrogen-bond donors (Lipinski definition) is 3. The second-order valence-corrected chi connectivity index (χ2v) is 4.84. The van der Waals surface area contributed by atoms with E-state index in [0.29, 0.717) is 25.8 Å². The molecule has 1 aromatic carbocycles. The van der Waals surface area contributed by atoms with Crippen LogP contribution in [0, 0.1) is 0 Å². The highest BCUT2D eigenvalue weighted by atomic mass is 16.5. The first-order valence-electron chi connectivity index (χ1n) is 7.11. The molecule has 6 heteroatoms. The fraction of sp³-hybridized carbons (Fsp3) is 0.375. The van der Waals surface area contributed by atoms with Gasteiger partial charge in [0.15, 0.2) is 0 Å². The molecule has 1 rings (SSSR count). The molecule has 22 heavy (non-hydrogen) atoms. The molecule has 0 aliphatic heterocycles. The van der Waals surface area contributed by atoms with E-state index in [9.17, 15) is 9.59 Å². The van der Waals surface area contributed by atoms with E-state index < -0.39 is 12.0 Å². The van der Waals surface area contributed by atoms with Crippen LogP contribution in [-0.4, -0.2) is 36.7 Å². The van der Waals surface area contributed by atoms with Crippen LogP contribution >= 0.6 is 0 Å². The van der Waals surface area contributed by atoms with Crippen molar-refractivity contribution in [3.05, 3.63) is 35.9 Å². The molecule has 1 aromatic rings. The number of unbranched alkanes of at least 4 members (excludes halogenated alkanes) is 1. The van der Waals surface area contributed by atoms with Crippen LogP contribution in [0.25, 0.3) is 6.08 Å². The summed E-state index contributed by atoms with van der Waals surface area (Å²) < 4.78 is 5.05. The third-order valence-electron chi connectivity index (χ3n) is 3.10. The summed E-state index contributed by atoms with van der Waals surface area (Å²) in [5.41, 5.74) is 6.29. The zero-order valence-electron chi connectivity index (χ0n) is 12.6. The third kappa shape index (κ3) is 6.90. The number of benzene rings is 1. The molecule has 0 saturated carbocycles. The van der Waals surface area contributed by atoms with Gasteiger partial charge in [-0.1, -0.05) is 12.1 Å². The van der Waals surface area contributed by atoms with Gasteiger partial charge in [-0.25, -0.2) is 0 Å². The zero-order valence-corrected chi connectivity index (χ0v) is 12.6. The van der Waals surface area contributed by atoms with Crippen molar-refractivity contribution < 1.29 is 19.4 Å². The average molecular weight is 306 g/mol. The van der Waals surface area contributed by atoms with Gasteiger partial charge < -0.3 is 20.9 Å². The topological polar surface area (TPSA) is 102 Å². The van der Waals surface area contributed by atoms with Crippen LogP contribution in [0.3, 0.4) is 0 Å². The van der Waals surface area contributed by atoms with Crippen LogP contribution in [-0.2, 0) is 9.59 Å². The lowest BCUT2D eigenvalue weighted by atomic mass is 10.1. The van der Waals surface area contributed by atoms with Crippen LogP contribution in [0.5, 0.6) is 5.75 Å². The molecular formula is C16H22N2O4. The molecule has 1 amide bonds. The second-order valence-electron chi connectivity index (χ2n) is 4.84. The van der Waals surface area contributed by atoms with Gasteiger partial charge in [0.1, 0.15) is 11.8 Å². The first kappa shape index (κ1) is 17.7. The molecule has 1 atom stereocenters. The summed E-state index contributed by atoms with van der Waals surface area (Å²) in [7, 11) is 1.60. The monoisotopic (exact) mass is 306 g/mol. The Kier molecular flexibility index (Phi) is 7.70. The number of nitrogens with two attached hydrogens (primary N) is 1. The van der Waals surface area contributed by atoms with Crippen molar-refractivity contribution >= 4 is 18.0 Å². The standard InChI is InChI=1S/C16H22N2O4/c1-22-13-8-5-12(6-9-13)7-10-15(19)18-11-3-2-4-14(17)16(20)21/h5-10,14H,2-4,11,17H2,1H3,(H,18,19)(H,20,21). The summed E-state index contributed by atoms with van der Waals surface area (Å²) in [6, 6.07) is 6.53. The first-order chi connectivity index (χ1) is 10.5. The van der Waals surface area contributed by atoms with Crippen LogP contribution in [0.4, 0.5) is 0 Å². The maximum Gasteiger partial charge on any atom is 0.320 e. The molecule has 0 saturated heterocycles. The lowest BCUT2D eigenvalue weighted by molar-refractivity contribution is -0.138. The number of aliphatic carboxylic acids is 1. The van der Waals surface area contributed by atoms with E-state index in [1.165, 1.54) is 6.08 Å². The molecule has 1 unspecified atom stereocenters. The van der Waals surface area contributed by atoms with Crippen molar-refractivity contribution in [1.82, 2.24) is 5.32 Å². The highest BCUT2D eigenvalue weighted by Crippen LogP contribution is 2.12. The van der Waals surface area contributed by atoms with Gasteiger partial charge in [-0.2, -0.15) is 0 Å². The molecule has 0 heterocycles. The number of methoxy groups -OCH3 is 1. The molecular weight excluding hydrogens is 284 g/mol. The van der Waals surface area contributed by atoms with Gasteiger partial charge in [0, 0.05) is 12.6 Å². The molecule has 0 spiro atoms. The van der Waals surface area contributed by atoms with Gasteiger partial charge in [-0.3, -0.25) is 9.59 Å². The summed E-state index contributed by atoms with van der Waals surface area (Å²) >= 11 is 0. The smallest absolute Gasteiger partial charge is 0.320 e. The number of carboxylic acid groups (broad SMARTS) is 1. The molecule has 0 radical (unpaired) electrons. The third-order valence-corrected chi connectivity index (χ3v) is 3.10. The van der Waals surface area contributed by atoms with Crippen molar-refractivity contribution in [3.63, 3.8) is 0 Å². The quantitative estimate of drug-likeness (QED) is 0.473. The minimum absolute atomic E-state index is 0.182. The van der Waals surface area contributed by atoms with E-state index in [1.807, 2.05) is 24.3 Å². The molecule has 0 fully saturated rings. The lowest BCUT2D eigenvalue weighted by Crippen LogP contribution is -2.30. The normalized spacial score (nSPS) is 12.1. The van der Waals surface area contributed by atoms with Crippen LogP contribution in [0.15, 0.2) is 30.3 Å². The fourth-order valence-electron chi connectivity index (χ4n) is 1.77. The van der Waals surface area contributed by atoms with E-state index in [1.54, 1.807) is 13.2 Å². The zero-order chi connectivity index (χ0) is 16.4. The highest BCUT2D eigenvalue weighted by Gasteiger charge is 2.09. The highest BCUT2D eigenvalue weighted by molar-refractivity contribution is 5.91. The predicted molar refractivity (Wildman–Crippen MR) is 84.5 cm³/mol. The molecule has 0 aliphatic carbocycles. The summed E-state index contributed by atoms with van der Waals surface area (Å²) in [6.07, 6.45) is 4.95. The van der Waals surface area contributed by atoms with Crippen molar-refractivity contribution in [3.8, 4) is 5.75 Å². The van der Waals surface area contributed by atoms with Gasteiger partial charge in [-0.05, 0) is 43.0 Å². The fourth-order valence-corrected chi connectivity index (χ4v) is 1.77. The van der Waals surface area contributed by atoms with E-state index >= 15 is 0 Å². The Morgan fingerprint density at radius 1 is 1.32 bits per heavy atom. The molecule has 4 N–H and O–H groups in total. The Morgan fingerprint density at radius 3 is 2.59 bits per heavy atom. The van der Waals surface area contributed by atoms with Crippen LogP contribution in [0.2, 0.25) is 0 Å². The number of nitrogens with one attached hydrogen (secondary N) is 1. The molecule has 6 nitrogen and oxygen atoms in total. The maximum absolute atomic E-state index is 11.6. The summed E-state index contributed by atoms with van der Waals surface area (Å²) in [5.74, 6) is -0.411. The Bertz CT molecular complexity index is 511. The van der Waals surface area contributed by atoms with Crippen molar-refractivity contribution in [1.29, 1.82) is 0 Å². The summed E-state index contributed by atoms with van der Waals surface area (Å²) in [5, 5.41) is 11.4. The Morgan fingerprint density at radius 2 is 2.00 bits per heavy atom. The Hall–Kier alpha value is -2.34. The number of carboxylic acids is 1. The maximum atomic E-state index is 11.6. The number of amides is 1. The largest absolute Gasteiger partial charge is 0.497 e. The molecule has 0 bridgehead atoms. The van der Waals surface area contributed by atoms with Gasteiger partial charge in [0.25, 0.3) is 0 Å². The van der Waals surface area contributed by atoms with Gasteiger partial charge >= 0.3 is 5.97 Å². The van der Waals surface area contributed by atoms with Crippen LogP contribution < -0.4 is 15.8 Å². The van der Waals surface area contributed by atoms with Crippen LogP contribution in [0.1, 0.15) is 24.8 Å². The summed E-state index contributed by atoms with van der Waals surface area (Å²) in [4.78, 5) is 22.1. The van der Waals surface area contributed by atoms with E-state index in [0.717, 1.165) is 11.3 Å². The first-order valence-corrected chi connectivity index (χ1v) is 7.11. The molecule has 0 aromatic heterocycles. The molecule has 120 valence electrons. The second kappa shape index (κ2) is 9.57. The van der Waals surface area contributed by atoms with E-state index in [-0.39, 0.29) is 5.91 Å².